The average Bonchev–Trinajstić information content (AvgIpc) is 2.67. The van der Waals surface area contributed by atoms with Gasteiger partial charge in [-0.1, -0.05) is 35.3 Å². The van der Waals surface area contributed by atoms with Crippen molar-refractivity contribution in [2.75, 3.05) is 0 Å². The van der Waals surface area contributed by atoms with Gasteiger partial charge in [0.15, 0.2) is 0 Å². The molecular weight excluding hydrogens is 456 g/mol. The molecular formula is C21H19Cl2F3N2O3. The normalized spacial score (nSPS) is 20.0. The summed E-state index contributed by atoms with van der Waals surface area (Å²) in [5.74, 6) is -1.98. The highest BCUT2D eigenvalue weighted by molar-refractivity contribution is 6.31. The molecule has 31 heavy (non-hydrogen) atoms. The Morgan fingerprint density at radius 3 is 2.52 bits per heavy atom. The molecule has 1 heterocycles. The minimum atomic E-state index is -4.54. The smallest absolute Gasteiger partial charge is 0.408 e. The first-order valence-corrected chi connectivity index (χ1v) is 10.2. The Bertz CT molecular complexity index is 985. The average molecular weight is 475 g/mol. The molecule has 0 bridgehead atoms. The fourth-order valence-electron chi connectivity index (χ4n) is 3.31. The van der Waals surface area contributed by atoms with Crippen molar-refractivity contribution in [1.82, 2.24) is 10.6 Å². The van der Waals surface area contributed by atoms with Gasteiger partial charge in [0, 0.05) is 15.6 Å². The number of benzene rings is 2. The largest absolute Gasteiger partial charge is 0.457 e. The molecule has 3 unspecified atom stereocenters. The standard InChI is InChI=1S/C21H19Cl2F3N2O3/c1-11(27-19(29)16-7-8-18(21(24,25)26)28-20(16)30)15-6-5-13(23)10-17(15)31-14-4-2-3-12(22)9-14/h2-6,9-11,16,18H,7-8H2,1H3,(H,27,29)(H,28,30). The molecule has 1 fully saturated rings. The van der Waals surface area contributed by atoms with Crippen LogP contribution in [0.1, 0.15) is 31.4 Å². The van der Waals surface area contributed by atoms with Crippen molar-refractivity contribution in [3.8, 4) is 11.5 Å². The van der Waals surface area contributed by atoms with E-state index >= 15 is 0 Å². The van der Waals surface area contributed by atoms with Crippen LogP contribution in [0.25, 0.3) is 0 Å². The number of hydrogen-bond acceptors (Lipinski definition) is 3. The number of amides is 2. The number of ether oxygens (including phenoxy) is 1. The van der Waals surface area contributed by atoms with Gasteiger partial charge in [0.2, 0.25) is 11.8 Å². The van der Waals surface area contributed by atoms with E-state index in [4.69, 9.17) is 27.9 Å². The number of carbonyl (C=O) groups excluding carboxylic acids is 2. The Morgan fingerprint density at radius 1 is 1.16 bits per heavy atom. The number of piperidine rings is 1. The van der Waals surface area contributed by atoms with E-state index in [1.165, 1.54) is 0 Å². The molecule has 3 atom stereocenters. The molecule has 2 aromatic carbocycles. The van der Waals surface area contributed by atoms with Gasteiger partial charge < -0.3 is 15.4 Å². The molecule has 0 radical (unpaired) electrons. The van der Waals surface area contributed by atoms with Gasteiger partial charge >= 0.3 is 6.18 Å². The Hall–Kier alpha value is -2.45. The van der Waals surface area contributed by atoms with E-state index in [0.717, 1.165) is 0 Å². The van der Waals surface area contributed by atoms with Crippen LogP contribution in [0.5, 0.6) is 11.5 Å². The summed E-state index contributed by atoms with van der Waals surface area (Å²) in [7, 11) is 0. The summed E-state index contributed by atoms with van der Waals surface area (Å²) in [4.78, 5) is 24.7. The fourth-order valence-corrected chi connectivity index (χ4v) is 3.65. The Kier molecular flexibility index (Phi) is 7.01. The number of nitrogens with one attached hydrogen (secondary N) is 2. The van der Waals surface area contributed by atoms with Crippen molar-refractivity contribution in [3.05, 3.63) is 58.1 Å². The highest BCUT2D eigenvalue weighted by atomic mass is 35.5. The molecule has 0 aliphatic carbocycles. The molecule has 0 spiro atoms. The van der Waals surface area contributed by atoms with Crippen molar-refractivity contribution < 1.29 is 27.5 Å². The first kappa shape index (κ1) is 23.2. The predicted octanol–water partition coefficient (Wildman–Crippen LogP) is 5.42. The number of alkyl halides is 3. The summed E-state index contributed by atoms with van der Waals surface area (Å²) < 4.78 is 44.3. The van der Waals surface area contributed by atoms with E-state index in [2.05, 4.69) is 5.32 Å². The molecule has 10 heteroatoms. The van der Waals surface area contributed by atoms with E-state index in [1.807, 2.05) is 5.32 Å². The van der Waals surface area contributed by atoms with Crippen molar-refractivity contribution in [1.29, 1.82) is 0 Å². The van der Waals surface area contributed by atoms with Gasteiger partial charge in [0.1, 0.15) is 23.5 Å². The van der Waals surface area contributed by atoms with Crippen molar-refractivity contribution in [2.24, 2.45) is 5.92 Å². The van der Waals surface area contributed by atoms with Crippen molar-refractivity contribution in [2.45, 2.75) is 38.0 Å². The molecule has 0 aromatic heterocycles. The zero-order valence-electron chi connectivity index (χ0n) is 16.3. The Labute approximate surface area is 186 Å². The second kappa shape index (κ2) is 9.36. The van der Waals surface area contributed by atoms with E-state index < -0.39 is 36.0 Å². The second-order valence-corrected chi connectivity index (χ2v) is 8.08. The van der Waals surface area contributed by atoms with Gasteiger partial charge in [-0.05, 0) is 50.1 Å². The summed E-state index contributed by atoms with van der Waals surface area (Å²) >= 11 is 12.1. The monoisotopic (exact) mass is 474 g/mol. The van der Waals surface area contributed by atoms with Crippen LogP contribution in [0, 0.1) is 5.92 Å². The molecule has 3 rings (SSSR count). The quantitative estimate of drug-likeness (QED) is 0.568. The summed E-state index contributed by atoms with van der Waals surface area (Å²) in [6, 6.07) is 9.02. The third-order valence-electron chi connectivity index (χ3n) is 4.91. The molecule has 166 valence electrons. The van der Waals surface area contributed by atoms with E-state index in [1.54, 1.807) is 49.4 Å². The van der Waals surface area contributed by atoms with Gasteiger partial charge in [-0.2, -0.15) is 13.2 Å². The lowest BCUT2D eigenvalue weighted by molar-refractivity contribution is -0.171. The molecule has 1 aliphatic heterocycles. The predicted molar refractivity (Wildman–Crippen MR) is 110 cm³/mol. The summed E-state index contributed by atoms with van der Waals surface area (Å²) in [5, 5.41) is 5.44. The minimum Gasteiger partial charge on any atom is -0.457 e. The van der Waals surface area contributed by atoms with Crippen LogP contribution < -0.4 is 15.4 Å². The number of hydrogen-bond donors (Lipinski definition) is 2. The number of rotatable bonds is 5. The van der Waals surface area contributed by atoms with E-state index in [-0.39, 0.29) is 12.8 Å². The Morgan fingerprint density at radius 2 is 1.87 bits per heavy atom. The number of carbonyl (C=O) groups is 2. The van der Waals surface area contributed by atoms with Crippen LogP contribution in [0.3, 0.4) is 0 Å². The highest BCUT2D eigenvalue weighted by Gasteiger charge is 2.46. The third kappa shape index (κ3) is 5.83. The van der Waals surface area contributed by atoms with E-state index in [9.17, 15) is 22.8 Å². The molecule has 2 amide bonds. The van der Waals surface area contributed by atoms with Gasteiger partial charge in [-0.15, -0.1) is 0 Å². The first-order chi connectivity index (χ1) is 14.5. The minimum absolute atomic E-state index is 0.193. The van der Waals surface area contributed by atoms with Crippen LogP contribution in [0.2, 0.25) is 10.0 Å². The lowest BCUT2D eigenvalue weighted by Gasteiger charge is -2.30. The zero-order chi connectivity index (χ0) is 22.8. The second-order valence-electron chi connectivity index (χ2n) is 7.20. The summed E-state index contributed by atoms with van der Waals surface area (Å²) in [6.45, 7) is 1.67. The third-order valence-corrected chi connectivity index (χ3v) is 5.38. The molecule has 0 saturated carbocycles. The fraction of sp³-hybridized carbons (Fsp3) is 0.333. The summed E-state index contributed by atoms with van der Waals surface area (Å²) in [6.07, 6.45) is -5.09. The van der Waals surface area contributed by atoms with Crippen LogP contribution in [-0.2, 0) is 9.59 Å². The molecule has 2 aromatic rings. The van der Waals surface area contributed by atoms with E-state index in [0.29, 0.717) is 27.1 Å². The maximum atomic E-state index is 12.8. The lowest BCUT2D eigenvalue weighted by Crippen LogP contribution is -2.54. The maximum Gasteiger partial charge on any atom is 0.408 e. The highest BCUT2D eigenvalue weighted by Crippen LogP contribution is 2.34. The summed E-state index contributed by atoms with van der Waals surface area (Å²) in [5.41, 5.74) is 0.571. The molecule has 1 aliphatic rings. The van der Waals surface area contributed by atoms with Crippen LogP contribution >= 0.6 is 23.2 Å². The van der Waals surface area contributed by atoms with Crippen LogP contribution in [0.4, 0.5) is 13.2 Å². The van der Waals surface area contributed by atoms with Gasteiger partial charge in [-0.3, -0.25) is 9.59 Å². The van der Waals surface area contributed by atoms with Crippen molar-refractivity contribution in [3.63, 3.8) is 0 Å². The van der Waals surface area contributed by atoms with Gasteiger partial charge in [0.05, 0.1) is 6.04 Å². The van der Waals surface area contributed by atoms with Gasteiger partial charge in [-0.25, -0.2) is 0 Å². The SMILES string of the molecule is CC(NC(=O)C1CCC(C(F)(F)F)NC1=O)c1ccc(Cl)cc1Oc1cccc(Cl)c1. The van der Waals surface area contributed by atoms with Crippen LogP contribution in [0.15, 0.2) is 42.5 Å². The first-order valence-electron chi connectivity index (χ1n) is 9.45. The number of halogens is 5. The Balaban J connectivity index is 1.72. The molecule has 2 N–H and O–H groups in total. The topological polar surface area (TPSA) is 67.4 Å². The van der Waals surface area contributed by atoms with Crippen molar-refractivity contribution >= 4 is 35.0 Å². The van der Waals surface area contributed by atoms with Gasteiger partial charge in [0.25, 0.3) is 0 Å². The van der Waals surface area contributed by atoms with Crippen LogP contribution in [-0.4, -0.2) is 24.0 Å². The zero-order valence-corrected chi connectivity index (χ0v) is 17.8. The lowest BCUT2D eigenvalue weighted by atomic mass is 9.92. The molecule has 1 saturated heterocycles. The maximum absolute atomic E-state index is 12.8. The molecule has 5 nitrogen and oxygen atoms in total.